The van der Waals surface area contributed by atoms with Gasteiger partial charge in [-0.25, -0.2) is 0 Å². The van der Waals surface area contributed by atoms with Crippen LogP contribution in [-0.2, 0) is 4.79 Å². The van der Waals surface area contributed by atoms with Crippen molar-refractivity contribution >= 4 is 5.91 Å². The molecule has 0 rings (SSSR count). The second-order valence-corrected chi connectivity index (χ2v) is 5.27. The summed E-state index contributed by atoms with van der Waals surface area (Å²) < 4.78 is 0. The molecule has 0 radical (unpaired) electrons. The van der Waals surface area contributed by atoms with Crippen LogP contribution in [0.25, 0.3) is 0 Å². The molecule has 4 nitrogen and oxygen atoms in total. The Hall–Kier alpha value is -0.610. The molecule has 0 heterocycles. The maximum absolute atomic E-state index is 11.8. The smallest absolute Gasteiger partial charge is 0.236 e. The van der Waals surface area contributed by atoms with E-state index in [1.165, 1.54) is 0 Å². The summed E-state index contributed by atoms with van der Waals surface area (Å²) >= 11 is 0. The Morgan fingerprint density at radius 1 is 1.16 bits per heavy atom. The van der Waals surface area contributed by atoms with Gasteiger partial charge in [-0.2, -0.15) is 0 Å². The molecular weight excluding hydrogens is 240 g/mol. The van der Waals surface area contributed by atoms with Crippen molar-refractivity contribution < 1.29 is 9.90 Å². The van der Waals surface area contributed by atoms with Crippen molar-refractivity contribution in [3.63, 3.8) is 0 Å². The lowest BCUT2D eigenvalue weighted by molar-refractivity contribution is -0.122. The third-order valence-corrected chi connectivity index (χ3v) is 3.70. The highest BCUT2D eigenvalue weighted by Gasteiger charge is 2.18. The van der Waals surface area contributed by atoms with E-state index in [1.54, 1.807) is 0 Å². The molecule has 2 atom stereocenters. The number of amides is 1. The second-order valence-electron chi connectivity index (χ2n) is 5.27. The lowest BCUT2D eigenvalue weighted by Gasteiger charge is -2.22. The lowest BCUT2D eigenvalue weighted by Crippen LogP contribution is -2.46. The third kappa shape index (κ3) is 8.22. The van der Waals surface area contributed by atoms with Crippen molar-refractivity contribution in [3.05, 3.63) is 0 Å². The molecule has 0 saturated heterocycles. The summed E-state index contributed by atoms with van der Waals surface area (Å²) in [4.78, 5) is 11.8. The molecule has 2 unspecified atom stereocenters. The average molecular weight is 272 g/mol. The largest absolute Gasteiger partial charge is 0.392 e. The van der Waals surface area contributed by atoms with E-state index in [4.69, 9.17) is 0 Å². The Morgan fingerprint density at radius 3 is 2.32 bits per heavy atom. The second kappa shape index (κ2) is 11.2. The summed E-state index contributed by atoms with van der Waals surface area (Å²) in [6.45, 7) is 9.38. The van der Waals surface area contributed by atoms with Crippen LogP contribution < -0.4 is 10.6 Å². The summed E-state index contributed by atoms with van der Waals surface area (Å²) in [5.74, 6) is 0.333. The molecule has 3 N–H and O–H groups in total. The van der Waals surface area contributed by atoms with Gasteiger partial charge in [0.25, 0.3) is 0 Å². The van der Waals surface area contributed by atoms with Crippen LogP contribution in [0, 0.1) is 5.92 Å². The van der Waals surface area contributed by atoms with Crippen molar-refractivity contribution in [3.8, 4) is 0 Å². The highest BCUT2D eigenvalue weighted by molar-refractivity contribution is 5.81. The summed E-state index contributed by atoms with van der Waals surface area (Å²) in [5, 5.41) is 16.0. The number of hydrogen-bond acceptors (Lipinski definition) is 3. The topological polar surface area (TPSA) is 61.4 Å². The van der Waals surface area contributed by atoms with E-state index < -0.39 is 0 Å². The van der Waals surface area contributed by atoms with E-state index in [9.17, 15) is 9.90 Å². The van der Waals surface area contributed by atoms with Crippen LogP contribution in [-0.4, -0.2) is 36.2 Å². The molecule has 0 aliphatic carbocycles. The number of aliphatic hydroxyl groups is 1. The minimum Gasteiger partial charge on any atom is -0.392 e. The van der Waals surface area contributed by atoms with Crippen LogP contribution in [0.5, 0.6) is 0 Å². The summed E-state index contributed by atoms with van der Waals surface area (Å²) in [5.41, 5.74) is 0. The number of rotatable bonds is 11. The highest BCUT2D eigenvalue weighted by atomic mass is 16.3. The molecule has 0 aliphatic heterocycles. The Kier molecular flexibility index (Phi) is 10.9. The zero-order valence-electron chi connectivity index (χ0n) is 13.0. The first-order valence-corrected chi connectivity index (χ1v) is 7.75. The van der Waals surface area contributed by atoms with E-state index in [0.717, 1.165) is 38.6 Å². The Morgan fingerprint density at radius 2 is 1.79 bits per heavy atom. The average Bonchev–Trinajstić information content (AvgIpc) is 2.42. The zero-order valence-corrected chi connectivity index (χ0v) is 13.0. The maximum Gasteiger partial charge on any atom is 0.236 e. The number of hydrogen-bond donors (Lipinski definition) is 3. The molecule has 0 aromatic rings. The molecular formula is C15H32N2O2. The minimum atomic E-state index is -0.370. The first-order valence-electron chi connectivity index (χ1n) is 7.75. The van der Waals surface area contributed by atoms with Gasteiger partial charge in [-0.05, 0) is 19.3 Å². The fourth-order valence-electron chi connectivity index (χ4n) is 2.13. The van der Waals surface area contributed by atoms with Crippen molar-refractivity contribution in [2.45, 2.75) is 71.9 Å². The number of carbonyl (C=O) groups is 1. The van der Waals surface area contributed by atoms with E-state index in [2.05, 4.69) is 31.4 Å². The fourth-order valence-corrected chi connectivity index (χ4v) is 2.13. The van der Waals surface area contributed by atoms with Gasteiger partial charge in [0.2, 0.25) is 5.91 Å². The van der Waals surface area contributed by atoms with Crippen molar-refractivity contribution in [2.24, 2.45) is 5.92 Å². The Balaban J connectivity index is 3.83. The standard InChI is InChI=1S/C15H32N2O2/c1-5-8-9-10-16-15(19)12(4)17-11-14(18)13(6-2)7-3/h12-14,17-18H,5-11H2,1-4H3,(H,16,19). The number of carbonyl (C=O) groups excluding carboxylic acids is 1. The van der Waals surface area contributed by atoms with Crippen LogP contribution in [0.2, 0.25) is 0 Å². The summed E-state index contributed by atoms with van der Waals surface area (Å²) in [6, 6.07) is -0.245. The fraction of sp³-hybridized carbons (Fsp3) is 0.933. The first kappa shape index (κ1) is 18.4. The van der Waals surface area contributed by atoms with Gasteiger partial charge in [-0.15, -0.1) is 0 Å². The van der Waals surface area contributed by atoms with Gasteiger partial charge < -0.3 is 15.7 Å². The SMILES string of the molecule is CCCCCNC(=O)C(C)NCC(O)C(CC)CC. The van der Waals surface area contributed by atoms with Gasteiger partial charge in [0.1, 0.15) is 0 Å². The molecule has 1 amide bonds. The predicted octanol–water partition coefficient (Wildman–Crippen LogP) is 2.07. The Labute approximate surface area is 118 Å². The highest BCUT2D eigenvalue weighted by Crippen LogP contribution is 2.12. The molecule has 19 heavy (non-hydrogen) atoms. The lowest BCUT2D eigenvalue weighted by atomic mass is 9.96. The van der Waals surface area contributed by atoms with Crippen molar-refractivity contribution in [1.82, 2.24) is 10.6 Å². The maximum atomic E-state index is 11.8. The monoisotopic (exact) mass is 272 g/mol. The van der Waals surface area contributed by atoms with E-state index in [1.807, 2.05) is 6.92 Å². The third-order valence-electron chi connectivity index (χ3n) is 3.70. The first-order chi connectivity index (χ1) is 9.06. The van der Waals surface area contributed by atoms with Crippen LogP contribution in [0.15, 0.2) is 0 Å². The molecule has 4 heteroatoms. The van der Waals surface area contributed by atoms with Crippen LogP contribution in [0.1, 0.15) is 59.8 Å². The predicted molar refractivity (Wildman–Crippen MR) is 80.1 cm³/mol. The molecule has 0 spiro atoms. The van der Waals surface area contributed by atoms with Gasteiger partial charge in [0.15, 0.2) is 0 Å². The zero-order chi connectivity index (χ0) is 14.7. The molecule has 0 saturated carbocycles. The normalized spacial score (nSPS) is 14.4. The number of unbranched alkanes of at least 4 members (excludes halogenated alkanes) is 2. The van der Waals surface area contributed by atoms with Crippen LogP contribution >= 0.6 is 0 Å². The van der Waals surface area contributed by atoms with Crippen LogP contribution in [0.3, 0.4) is 0 Å². The van der Waals surface area contributed by atoms with Gasteiger partial charge in [-0.3, -0.25) is 4.79 Å². The Bertz CT molecular complexity index is 230. The number of nitrogens with one attached hydrogen (secondary N) is 2. The van der Waals surface area contributed by atoms with Gasteiger partial charge in [-0.1, -0.05) is 46.5 Å². The van der Waals surface area contributed by atoms with Gasteiger partial charge >= 0.3 is 0 Å². The van der Waals surface area contributed by atoms with Crippen LogP contribution in [0.4, 0.5) is 0 Å². The molecule has 114 valence electrons. The van der Waals surface area contributed by atoms with Crippen molar-refractivity contribution in [2.75, 3.05) is 13.1 Å². The summed E-state index contributed by atoms with van der Waals surface area (Å²) in [7, 11) is 0. The molecule has 0 fully saturated rings. The molecule has 0 aromatic heterocycles. The van der Waals surface area contributed by atoms with Gasteiger partial charge in [0, 0.05) is 13.1 Å². The molecule has 0 bridgehead atoms. The van der Waals surface area contributed by atoms with E-state index in [-0.39, 0.29) is 18.1 Å². The molecule has 0 aromatic carbocycles. The van der Waals surface area contributed by atoms with Crippen molar-refractivity contribution in [1.29, 1.82) is 0 Å². The van der Waals surface area contributed by atoms with E-state index >= 15 is 0 Å². The quantitative estimate of drug-likeness (QED) is 0.505. The summed E-state index contributed by atoms with van der Waals surface area (Å²) in [6.07, 6.45) is 4.91. The van der Waals surface area contributed by atoms with E-state index in [0.29, 0.717) is 12.5 Å². The minimum absolute atomic E-state index is 0.0212. The number of aliphatic hydroxyl groups excluding tert-OH is 1. The van der Waals surface area contributed by atoms with Gasteiger partial charge in [0.05, 0.1) is 12.1 Å². The molecule has 0 aliphatic rings.